The summed E-state index contributed by atoms with van der Waals surface area (Å²) >= 11 is 4.09. The molecule has 0 spiro atoms. The van der Waals surface area contributed by atoms with Gasteiger partial charge < -0.3 is 0 Å². The highest BCUT2D eigenvalue weighted by Gasteiger charge is 1.74. The van der Waals surface area contributed by atoms with Crippen molar-refractivity contribution in [1.82, 2.24) is 0 Å². The predicted octanol–water partition coefficient (Wildman–Crippen LogP) is 2.23. The molecule has 0 atom stereocenters. The molecule has 0 rings (SSSR count). The first-order valence-electron chi connectivity index (χ1n) is 2.15. The smallest absolute Gasteiger partial charge is 0.0230 e. The Labute approximate surface area is 44.7 Å². The van der Waals surface area contributed by atoms with Crippen molar-refractivity contribution < 1.29 is 0 Å². The summed E-state index contributed by atoms with van der Waals surface area (Å²) in [5.41, 5.74) is 0. The van der Waals surface area contributed by atoms with Gasteiger partial charge in [-0.1, -0.05) is 13.0 Å². The molecule has 0 unspecified atom stereocenters. The molecule has 0 bridgehead atoms. The summed E-state index contributed by atoms with van der Waals surface area (Å²) in [6.07, 6.45) is 3.06. The zero-order valence-electron chi connectivity index (χ0n) is 4.23. The minimum atomic E-state index is 1.06. The molecule has 0 radical (unpaired) electrons. The van der Waals surface area contributed by atoms with Gasteiger partial charge in [-0.05, 0) is 18.2 Å². The molecule has 0 aromatic carbocycles. The van der Waals surface area contributed by atoms with Crippen LogP contribution in [0.25, 0.3) is 0 Å². The second kappa shape index (κ2) is 3.29. The zero-order chi connectivity index (χ0) is 4.99. The zero-order valence-corrected chi connectivity index (χ0v) is 5.13. The van der Waals surface area contributed by atoms with Crippen LogP contribution >= 0.6 is 12.6 Å². The van der Waals surface area contributed by atoms with E-state index >= 15 is 0 Å². The molecule has 0 aliphatic rings. The summed E-state index contributed by atoms with van der Waals surface area (Å²) in [5, 5.41) is 0. The van der Waals surface area contributed by atoms with Crippen LogP contribution in [-0.2, 0) is 0 Å². The average Bonchev–Trinajstić information content (AvgIpc) is 1.65. The van der Waals surface area contributed by atoms with E-state index in [1.807, 2.05) is 13.0 Å². The maximum atomic E-state index is 4.09. The Hall–Kier alpha value is 0.0900. The highest BCUT2D eigenvalue weighted by molar-refractivity contribution is 7.84. The van der Waals surface area contributed by atoms with E-state index in [1.165, 1.54) is 0 Å². The third kappa shape index (κ3) is 2.33. The van der Waals surface area contributed by atoms with Crippen LogP contribution in [0.5, 0.6) is 0 Å². The third-order valence-electron chi connectivity index (χ3n) is 0.695. The van der Waals surface area contributed by atoms with Crippen LogP contribution in [0.4, 0.5) is 0 Å². The number of thiol groups is 1. The highest BCUT2D eigenvalue weighted by atomic mass is 32.1. The van der Waals surface area contributed by atoms with Crippen LogP contribution in [0.1, 0.15) is 20.3 Å². The van der Waals surface area contributed by atoms with Gasteiger partial charge in [0, 0.05) is 0 Å². The van der Waals surface area contributed by atoms with Crippen molar-refractivity contribution in [3.05, 3.63) is 11.0 Å². The fourth-order valence-electron chi connectivity index (χ4n) is 0.204. The highest BCUT2D eigenvalue weighted by Crippen LogP contribution is 2.02. The van der Waals surface area contributed by atoms with Crippen molar-refractivity contribution in [3.63, 3.8) is 0 Å². The van der Waals surface area contributed by atoms with Crippen LogP contribution < -0.4 is 0 Å². The van der Waals surface area contributed by atoms with Crippen LogP contribution in [0.3, 0.4) is 0 Å². The van der Waals surface area contributed by atoms with E-state index in [1.54, 1.807) is 0 Å². The summed E-state index contributed by atoms with van der Waals surface area (Å²) < 4.78 is 0. The third-order valence-corrected chi connectivity index (χ3v) is 1.27. The molecule has 0 fully saturated rings. The van der Waals surface area contributed by atoms with E-state index in [0.29, 0.717) is 0 Å². The Morgan fingerprint density at radius 1 is 1.83 bits per heavy atom. The van der Waals surface area contributed by atoms with Crippen molar-refractivity contribution >= 4 is 12.6 Å². The van der Waals surface area contributed by atoms with Gasteiger partial charge in [-0.25, -0.2) is 0 Å². The summed E-state index contributed by atoms with van der Waals surface area (Å²) in [4.78, 5) is 1.16. The molecular weight excluding hydrogens is 92.1 g/mol. The first-order valence-corrected chi connectivity index (χ1v) is 2.60. The van der Waals surface area contributed by atoms with Gasteiger partial charge in [0.1, 0.15) is 0 Å². The van der Waals surface area contributed by atoms with E-state index < -0.39 is 0 Å². The van der Waals surface area contributed by atoms with E-state index in [2.05, 4.69) is 19.6 Å². The standard InChI is InChI=1S/C5H10S/c1-3-5(6)4-2/h3,6H,4H2,1-2H3/b5-3+. The van der Waals surface area contributed by atoms with Gasteiger partial charge in [-0.15, -0.1) is 12.6 Å². The van der Waals surface area contributed by atoms with Crippen molar-refractivity contribution in [1.29, 1.82) is 0 Å². The Morgan fingerprint density at radius 3 is 2.33 bits per heavy atom. The van der Waals surface area contributed by atoms with Gasteiger partial charge in [0.25, 0.3) is 0 Å². The lowest BCUT2D eigenvalue weighted by Gasteiger charge is -1.83. The quantitative estimate of drug-likeness (QED) is 0.482. The Kier molecular flexibility index (Phi) is 3.34. The molecule has 0 aromatic heterocycles. The molecule has 36 valence electrons. The molecule has 0 N–H and O–H groups in total. The minimum absolute atomic E-state index is 1.06. The minimum Gasteiger partial charge on any atom is -0.148 e. The summed E-state index contributed by atoms with van der Waals surface area (Å²) in [6.45, 7) is 4.08. The van der Waals surface area contributed by atoms with Crippen molar-refractivity contribution in [2.24, 2.45) is 0 Å². The van der Waals surface area contributed by atoms with E-state index in [4.69, 9.17) is 0 Å². The largest absolute Gasteiger partial charge is 0.148 e. The van der Waals surface area contributed by atoms with Gasteiger partial charge >= 0.3 is 0 Å². The van der Waals surface area contributed by atoms with Gasteiger partial charge in [-0.2, -0.15) is 0 Å². The fraction of sp³-hybridized carbons (Fsp3) is 0.600. The van der Waals surface area contributed by atoms with Gasteiger partial charge in [-0.3, -0.25) is 0 Å². The van der Waals surface area contributed by atoms with E-state index in [0.717, 1.165) is 11.3 Å². The van der Waals surface area contributed by atoms with E-state index in [-0.39, 0.29) is 0 Å². The van der Waals surface area contributed by atoms with Gasteiger partial charge in [0.15, 0.2) is 0 Å². The average molecular weight is 102 g/mol. The van der Waals surface area contributed by atoms with Gasteiger partial charge in [0.2, 0.25) is 0 Å². The van der Waals surface area contributed by atoms with Crippen molar-refractivity contribution in [2.45, 2.75) is 20.3 Å². The molecule has 0 aliphatic heterocycles. The Balaban J connectivity index is 3.22. The molecule has 0 aromatic rings. The Morgan fingerprint density at radius 2 is 2.33 bits per heavy atom. The lowest BCUT2D eigenvalue weighted by Crippen LogP contribution is -1.59. The van der Waals surface area contributed by atoms with Crippen LogP contribution in [0, 0.1) is 0 Å². The number of rotatable bonds is 1. The first-order chi connectivity index (χ1) is 2.81. The number of hydrogen-bond acceptors (Lipinski definition) is 1. The predicted molar refractivity (Wildman–Crippen MR) is 33.0 cm³/mol. The normalized spacial score (nSPS) is 12.2. The summed E-state index contributed by atoms with van der Waals surface area (Å²) in [7, 11) is 0. The molecule has 0 amide bonds. The number of allylic oxidation sites excluding steroid dienone is 2. The fourth-order valence-corrected chi connectivity index (χ4v) is 0.204. The van der Waals surface area contributed by atoms with Crippen LogP contribution in [0.2, 0.25) is 0 Å². The van der Waals surface area contributed by atoms with Crippen molar-refractivity contribution in [2.75, 3.05) is 0 Å². The lowest BCUT2D eigenvalue weighted by molar-refractivity contribution is 1.20. The second-order valence-electron chi connectivity index (χ2n) is 1.13. The molecule has 6 heavy (non-hydrogen) atoms. The van der Waals surface area contributed by atoms with Crippen LogP contribution in [-0.4, -0.2) is 0 Å². The second-order valence-corrected chi connectivity index (χ2v) is 1.71. The molecule has 0 heterocycles. The van der Waals surface area contributed by atoms with Gasteiger partial charge in [0.05, 0.1) is 0 Å². The topological polar surface area (TPSA) is 0 Å². The maximum Gasteiger partial charge on any atom is -0.0230 e. The Bertz CT molecular complexity index is 55.0. The summed E-state index contributed by atoms with van der Waals surface area (Å²) in [6, 6.07) is 0. The molecule has 0 saturated heterocycles. The molecular formula is C5H10S. The molecule has 0 nitrogen and oxygen atoms in total. The summed E-state index contributed by atoms with van der Waals surface area (Å²) in [5.74, 6) is 0. The molecule has 0 saturated carbocycles. The molecule has 0 aliphatic carbocycles. The SMILES string of the molecule is C/C=C(/S)CC. The first kappa shape index (κ1) is 6.09. The molecule has 1 heteroatoms. The number of hydrogen-bond donors (Lipinski definition) is 1. The monoisotopic (exact) mass is 102 g/mol. The maximum absolute atomic E-state index is 4.09. The van der Waals surface area contributed by atoms with Crippen molar-refractivity contribution in [3.8, 4) is 0 Å². The van der Waals surface area contributed by atoms with E-state index in [9.17, 15) is 0 Å². The lowest BCUT2D eigenvalue weighted by atomic mass is 10.4. The van der Waals surface area contributed by atoms with Crippen LogP contribution in [0.15, 0.2) is 11.0 Å².